The maximum Gasteiger partial charge on any atom is 0.195 e. The molecule has 0 heterocycles. The van der Waals surface area contributed by atoms with Crippen molar-refractivity contribution in [2.45, 2.75) is 52.4 Å². The number of fused-ring (bicyclic) bond motifs is 3. The van der Waals surface area contributed by atoms with Crippen molar-refractivity contribution in [2.24, 2.45) is 0 Å². The summed E-state index contributed by atoms with van der Waals surface area (Å²) in [4.78, 5) is 14.3. The van der Waals surface area contributed by atoms with Crippen LogP contribution < -0.4 is 0 Å². The molecule has 2 aliphatic carbocycles. The van der Waals surface area contributed by atoms with Crippen molar-refractivity contribution in [3.05, 3.63) is 118 Å². The fourth-order valence-electron chi connectivity index (χ4n) is 5.72. The third-order valence-corrected chi connectivity index (χ3v) is 7.73. The van der Waals surface area contributed by atoms with Crippen molar-refractivity contribution in [3.8, 4) is 0 Å². The summed E-state index contributed by atoms with van der Waals surface area (Å²) in [6.07, 6.45) is 0. The van der Waals surface area contributed by atoms with Crippen molar-refractivity contribution in [3.63, 3.8) is 0 Å². The number of Topliss-reactive ketones (excluding diaryl/α,β-unsaturated/α-hetero) is 1. The molecule has 0 radical (unpaired) electrons. The Kier molecular flexibility index (Phi) is 4.83. The predicted molar refractivity (Wildman–Crippen MR) is 153 cm³/mol. The summed E-state index contributed by atoms with van der Waals surface area (Å²) in [5.41, 5.74) is 10.8. The molecule has 1 heteroatoms. The summed E-state index contributed by atoms with van der Waals surface area (Å²) >= 11 is 0. The Morgan fingerprint density at radius 3 is 1.22 bits per heavy atom. The lowest BCUT2D eigenvalue weighted by molar-refractivity contribution is -0.108. The molecule has 0 aliphatic heterocycles. The van der Waals surface area contributed by atoms with Crippen LogP contribution in [0.1, 0.15) is 74.9 Å². The molecule has 0 spiro atoms. The van der Waals surface area contributed by atoms with Crippen LogP contribution in [0.3, 0.4) is 0 Å². The smallest absolute Gasteiger partial charge is 0.195 e. The molecule has 0 aromatic heterocycles. The fourth-order valence-corrected chi connectivity index (χ4v) is 5.72. The van der Waals surface area contributed by atoms with E-state index in [0.717, 1.165) is 33.4 Å². The van der Waals surface area contributed by atoms with Gasteiger partial charge < -0.3 is 0 Å². The molecule has 4 aromatic rings. The molecule has 6 rings (SSSR count). The second-order valence-electron chi connectivity index (χ2n) is 12.2. The number of benzene rings is 4. The molecule has 0 saturated heterocycles. The van der Waals surface area contributed by atoms with Crippen LogP contribution in [0.25, 0.3) is 33.1 Å². The maximum absolute atomic E-state index is 14.3. The van der Waals surface area contributed by atoms with Gasteiger partial charge >= 0.3 is 0 Å². The number of carbonyl (C=O) groups excluding carboxylic acids is 1. The summed E-state index contributed by atoms with van der Waals surface area (Å²) in [7, 11) is 0. The van der Waals surface area contributed by atoms with Crippen molar-refractivity contribution >= 4 is 38.8 Å². The molecule has 4 aromatic carbocycles. The Morgan fingerprint density at radius 2 is 0.861 bits per heavy atom. The summed E-state index contributed by atoms with van der Waals surface area (Å²) in [6.45, 7) is 13.3. The number of carbonyl (C=O) groups is 1. The Morgan fingerprint density at radius 1 is 0.472 bits per heavy atom. The largest absolute Gasteiger partial charge is 0.289 e. The van der Waals surface area contributed by atoms with E-state index in [9.17, 15) is 4.79 Å². The first-order valence-electron chi connectivity index (χ1n) is 12.8. The van der Waals surface area contributed by atoms with Gasteiger partial charge in [0.15, 0.2) is 5.78 Å². The topological polar surface area (TPSA) is 17.1 Å². The van der Waals surface area contributed by atoms with E-state index in [1.807, 2.05) is 0 Å². The van der Waals surface area contributed by atoms with Crippen molar-refractivity contribution < 1.29 is 4.79 Å². The highest BCUT2D eigenvalue weighted by molar-refractivity contribution is 6.61. The highest BCUT2D eigenvalue weighted by Gasteiger charge is 2.40. The van der Waals surface area contributed by atoms with E-state index in [0.29, 0.717) is 0 Å². The van der Waals surface area contributed by atoms with Gasteiger partial charge in [-0.2, -0.15) is 0 Å². The lowest BCUT2D eigenvalue weighted by Crippen LogP contribution is -2.11. The normalized spacial score (nSPS) is 15.3. The van der Waals surface area contributed by atoms with Crippen molar-refractivity contribution in [1.82, 2.24) is 0 Å². The van der Waals surface area contributed by atoms with Crippen LogP contribution >= 0.6 is 0 Å². The van der Waals surface area contributed by atoms with Gasteiger partial charge in [0.2, 0.25) is 0 Å². The van der Waals surface area contributed by atoms with E-state index in [4.69, 9.17) is 0 Å². The molecule has 0 fully saturated rings. The van der Waals surface area contributed by atoms with Crippen molar-refractivity contribution in [1.29, 1.82) is 0 Å². The maximum atomic E-state index is 14.3. The van der Waals surface area contributed by atoms with Gasteiger partial charge in [0, 0.05) is 22.3 Å². The van der Waals surface area contributed by atoms with Crippen LogP contribution in [0.4, 0.5) is 0 Å². The Balaban J connectivity index is 1.61. The molecule has 178 valence electrons. The van der Waals surface area contributed by atoms with Gasteiger partial charge in [0.05, 0.1) is 0 Å². The summed E-state index contributed by atoms with van der Waals surface area (Å²) in [5, 5.41) is 2.47. The lowest BCUT2D eigenvalue weighted by Gasteiger charge is -2.20. The molecular weight excluding hydrogens is 436 g/mol. The Labute approximate surface area is 214 Å². The molecule has 0 bridgehead atoms. The van der Waals surface area contributed by atoms with Gasteiger partial charge in [-0.05, 0) is 55.0 Å². The van der Waals surface area contributed by atoms with Gasteiger partial charge in [-0.1, -0.05) is 126 Å². The lowest BCUT2D eigenvalue weighted by atomic mass is 9.85. The third kappa shape index (κ3) is 3.33. The highest BCUT2D eigenvalue weighted by atomic mass is 16.1. The first kappa shape index (κ1) is 22.7. The monoisotopic (exact) mass is 468 g/mol. The zero-order valence-electron chi connectivity index (χ0n) is 22.0. The molecule has 36 heavy (non-hydrogen) atoms. The second kappa shape index (κ2) is 7.64. The molecule has 0 unspecified atom stereocenters. The second-order valence-corrected chi connectivity index (χ2v) is 12.2. The highest BCUT2D eigenvalue weighted by Crippen LogP contribution is 2.56. The summed E-state index contributed by atoms with van der Waals surface area (Å²) < 4.78 is 0. The van der Waals surface area contributed by atoms with Crippen LogP contribution in [0.5, 0.6) is 0 Å². The summed E-state index contributed by atoms with van der Waals surface area (Å²) in [5.74, 6) is 0.124. The SMILES string of the molecule is CC(C)(C)c1ccc(C2=C3C(=C(c4ccc(C(C)(C)C)cc4)C2=O)c2cccc4cccc3c24)cc1. The van der Waals surface area contributed by atoms with Gasteiger partial charge in [0.1, 0.15) is 0 Å². The number of hydrogen-bond acceptors (Lipinski definition) is 1. The Bertz CT molecular complexity index is 1490. The minimum Gasteiger partial charge on any atom is -0.289 e. The first-order chi connectivity index (χ1) is 17.1. The minimum absolute atomic E-state index is 0.0641. The number of ketones is 1. The molecule has 0 amide bonds. The predicted octanol–water partition coefficient (Wildman–Crippen LogP) is 8.85. The Hall–Kier alpha value is -3.71. The van der Waals surface area contributed by atoms with Gasteiger partial charge in [-0.3, -0.25) is 4.79 Å². The van der Waals surface area contributed by atoms with E-state index >= 15 is 0 Å². The zero-order chi connectivity index (χ0) is 25.4. The average Bonchev–Trinajstić information content (AvgIpc) is 3.31. The van der Waals surface area contributed by atoms with Crippen LogP contribution in [0.15, 0.2) is 84.9 Å². The standard InChI is InChI=1S/C35H32O/c1-34(2,3)24-17-13-22(14-18-24)29-31-26-11-7-9-21-10-8-12-27(28(21)26)32(31)30(33(29)36)23-15-19-25(20-16-23)35(4,5)6/h7-20H,1-6H3. The van der Waals surface area contributed by atoms with E-state index in [1.165, 1.54) is 33.0 Å². The number of allylic oxidation sites excluding steroid dienone is 4. The number of rotatable bonds is 2. The van der Waals surface area contributed by atoms with E-state index in [-0.39, 0.29) is 16.6 Å². The van der Waals surface area contributed by atoms with Gasteiger partial charge in [-0.15, -0.1) is 0 Å². The van der Waals surface area contributed by atoms with E-state index < -0.39 is 0 Å². The van der Waals surface area contributed by atoms with E-state index in [1.54, 1.807) is 0 Å². The van der Waals surface area contributed by atoms with Crippen molar-refractivity contribution in [2.75, 3.05) is 0 Å². The molecule has 0 atom stereocenters. The average molecular weight is 469 g/mol. The quantitative estimate of drug-likeness (QED) is 0.287. The van der Waals surface area contributed by atoms with Crippen LogP contribution in [0.2, 0.25) is 0 Å². The molecule has 1 nitrogen and oxygen atoms in total. The van der Waals surface area contributed by atoms with Crippen LogP contribution in [-0.4, -0.2) is 5.78 Å². The number of hydrogen-bond donors (Lipinski definition) is 0. The molecule has 0 N–H and O–H groups in total. The molecule has 2 aliphatic rings. The molecule has 0 saturated carbocycles. The van der Waals surface area contributed by atoms with Gasteiger partial charge in [-0.25, -0.2) is 0 Å². The van der Waals surface area contributed by atoms with Crippen LogP contribution in [-0.2, 0) is 15.6 Å². The van der Waals surface area contributed by atoms with E-state index in [2.05, 4.69) is 126 Å². The third-order valence-electron chi connectivity index (χ3n) is 7.73. The minimum atomic E-state index is 0.0641. The molecular formula is C35H32O. The first-order valence-corrected chi connectivity index (χ1v) is 12.8. The zero-order valence-corrected chi connectivity index (χ0v) is 22.0. The van der Waals surface area contributed by atoms with Crippen LogP contribution in [0, 0.1) is 0 Å². The fraction of sp³-hybridized carbons (Fsp3) is 0.229. The van der Waals surface area contributed by atoms with Gasteiger partial charge in [0.25, 0.3) is 0 Å². The summed E-state index contributed by atoms with van der Waals surface area (Å²) in [6, 6.07) is 30.1.